The molecule has 32 heavy (non-hydrogen) atoms. The van der Waals surface area contributed by atoms with Crippen molar-refractivity contribution in [3.63, 3.8) is 0 Å². The minimum atomic E-state index is -0.483. The summed E-state index contributed by atoms with van der Waals surface area (Å²) >= 11 is 1.84. The Labute approximate surface area is 201 Å². The number of rotatable bonds is 6. The van der Waals surface area contributed by atoms with Crippen molar-refractivity contribution in [1.82, 2.24) is 4.90 Å². The minimum Gasteiger partial charge on any atom is -0.345 e. The van der Waals surface area contributed by atoms with Gasteiger partial charge < -0.3 is 10.2 Å². The van der Waals surface area contributed by atoms with Crippen LogP contribution in [-0.2, 0) is 11.5 Å². The van der Waals surface area contributed by atoms with Crippen LogP contribution in [0.4, 0.5) is 10.1 Å². The zero-order valence-corrected chi connectivity index (χ0v) is 20.7. The van der Waals surface area contributed by atoms with E-state index < -0.39 is 6.67 Å². The molecule has 4 saturated carbocycles. The van der Waals surface area contributed by atoms with E-state index in [0.29, 0.717) is 18.0 Å². The van der Waals surface area contributed by atoms with E-state index in [4.69, 9.17) is 4.99 Å². The maximum Gasteiger partial charge on any atom is 0.226 e. The summed E-state index contributed by atoms with van der Waals surface area (Å²) in [5, 5.41) is 4.15. The first-order chi connectivity index (χ1) is 14.9. The highest BCUT2D eigenvalue weighted by Gasteiger charge is 2.51. The van der Waals surface area contributed by atoms with Gasteiger partial charge in [0.05, 0.1) is 5.54 Å². The van der Waals surface area contributed by atoms with Crippen LogP contribution in [0, 0.1) is 17.8 Å². The second-order valence-corrected chi connectivity index (χ2v) is 11.6. The lowest BCUT2D eigenvalue weighted by Gasteiger charge is -2.55. The fourth-order valence-corrected chi connectivity index (χ4v) is 8.27. The van der Waals surface area contributed by atoms with Crippen molar-refractivity contribution < 1.29 is 9.18 Å². The van der Waals surface area contributed by atoms with Gasteiger partial charge in [0.1, 0.15) is 6.67 Å². The maximum absolute atomic E-state index is 12.7. The Morgan fingerprint density at radius 2 is 1.75 bits per heavy atom. The minimum absolute atomic E-state index is 0. The Balaban J connectivity index is 0.00000245. The second-order valence-electron chi connectivity index (χ2n) is 10.6. The highest BCUT2D eigenvalue weighted by molar-refractivity contribution is 8.14. The zero-order valence-electron chi connectivity index (χ0n) is 19.1. The van der Waals surface area contributed by atoms with E-state index in [9.17, 15) is 9.18 Å². The van der Waals surface area contributed by atoms with Gasteiger partial charge in [-0.25, -0.2) is 4.39 Å². The van der Waals surface area contributed by atoms with Crippen LogP contribution >= 0.6 is 24.2 Å². The highest BCUT2D eigenvalue weighted by atomic mass is 35.5. The smallest absolute Gasteiger partial charge is 0.226 e. The normalized spacial score (nSPS) is 34.2. The first kappa shape index (κ1) is 23.9. The van der Waals surface area contributed by atoms with Gasteiger partial charge in [-0.2, -0.15) is 0 Å². The summed E-state index contributed by atoms with van der Waals surface area (Å²) < 4.78 is 12.7. The quantitative estimate of drug-likeness (QED) is 0.539. The number of hydrogen-bond donors (Lipinski definition) is 1. The Morgan fingerprint density at radius 3 is 2.28 bits per heavy atom. The number of benzene rings is 1. The number of carbonyl (C=O) groups excluding carboxylic acids is 1. The van der Waals surface area contributed by atoms with Gasteiger partial charge >= 0.3 is 0 Å². The van der Waals surface area contributed by atoms with Crippen LogP contribution in [0.1, 0.15) is 64.4 Å². The first-order valence-electron chi connectivity index (χ1n) is 11.9. The van der Waals surface area contributed by atoms with Gasteiger partial charge in [-0.15, -0.1) is 12.4 Å². The molecule has 1 aromatic rings. The third kappa shape index (κ3) is 4.82. The lowest BCUT2D eigenvalue weighted by atomic mass is 9.53. The Hall–Kier alpha value is -1.27. The molecule has 1 amide bonds. The molecule has 1 atom stereocenters. The number of hydrogen-bond acceptors (Lipinski definition) is 3. The molecule has 1 N–H and O–H groups in total. The molecule has 4 nitrogen and oxygen atoms in total. The van der Waals surface area contributed by atoms with Gasteiger partial charge in [0, 0.05) is 29.9 Å². The predicted molar refractivity (Wildman–Crippen MR) is 133 cm³/mol. The third-order valence-corrected chi connectivity index (χ3v) is 8.84. The molecular formula is C25H35ClFN3OS. The lowest BCUT2D eigenvalue weighted by molar-refractivity contribution is -0.117. The molecule has 0 spiro atoms. The second kappa shape index (κ2) is 9.54. The molecule has 176 valence electrons. The molecule has 1 unspecified atom stereocenters. The van der Waals surface area contributed by atoms with E-state index in [1.54, 1.807) is 24.3 Å². The van der Waals surface area contributed by atoms with Crippen LogP contribution in [-0.4, -0.2) is 39.4 Å². The Bertz CT molecular complexity index is 824. The number of carbonyl (C=O) groups is 1. The summed E-state index contributed by atoms with van der Waals surface area (Å²) in [7, 11) is 0. The summed E-state index contributed by atoms with van der Waals surface area (Å²) in [5.41, 5.74) is 1.52. The molecular weight excluding hydrogens is 445 g/mol. The molecule has 0 radical (unpaired) electrons. The van der Waals surface area contributed by atoms with Crippen LogP contribution in [0.15, 0.2) is 29.3 Å². The summed E-state index contributed by atoms with van der Waals surface area (Å²) in [6.45, 7) is 3.94. The van der Waals surface area contributed by atoms with Crippen LogP contribution < -0.4 is 5.32 Å². The molecule has 5 aliphatic rings. The molecule has 5 fully saturated rings. The third-order valence-electron chi connectivity index (χ3n) is 7.73. The van der Waals surface area contributed by atoms with Gasteiger partial charge in [0.25, 0.3) is 0 Å². The average molecular weight is 480 g/mol. The number of nitrogens with one attached hydrogen (secondary N) is 1. The van der Waals surface area contributed by atoms with E-state index >= 15 is 0 Å². The van der Waals surface area contributed by atoms with Gasteiger partial charge in [-0.3, -0.25) is 9.79 Å². The molecule has 1 heterocycles. The van der Waals surface area contributed by atoms with Gasteiger partial charge in [0.15, 0.2) is 5.17 Å². The number of thioether (sulfide) groups is 1. The fourth-order valence-electron chi connectivity index (χ4n) is 6.88. The highest BCUT2D eigenvalue weighted by Crippen LogP contribution is 2.57. The number of alkyl halides is 1. The van der Waals surface area contributed by atoms with Crippen LogP contribution in [0.25, 0.3) is 0 Å². The van der Waals surface area contributed by atoms with E-state index in [0.717, 1.165) is 29.2 Å². The number of aliphatic imine (C=N–C) groups is 1. The molecule has 4 aliphatic carbocycles. The Kier molecular flexibility index (Phi) is 7.11. The number of halogens is 2. The first-order valence-corrected chi connectivity index (χ1v) is 12.9. The lowest BCUT2D eigenvalue weighted by Crippen LogP contribution is -2.50. The summed E-state index contributed by atoms with van der Waals surface area (Å²) in [4.78, 5) is 20.6. The molecule has 1 saturated heterocycles. The SMILES string of the molecule is CC(C)N1/C(=N/C23CC4CC(CC(C4)C2)C3)SCC1CC(=O)Nc1ccc(CF)cc1.Cl. The number of anilines is 1. The van der Waals surface area contributed by atoms with E-state index in [1.165, 1.54) is 43.7 Å². The predicted octanol–water partition coefficient (Wildman–Crippen LogP) is 6.06. The topological polar surface area (TPSA) is 44.7 Å². The summed E-state index contributed by atoms with van der Waals surface area (Å²) in [5.74, 6) is 3.59. The number of nitrogens with zero attached hydrogens (tertiary/aromatic N) is 2. The Morgan fingerprint density at radius 1 is 1.16 bits per heavy atom. The maximum atomic E-state index is 12.7. The fraction of sp³-hybridized carbons (Fsp3) is 0.680. The van der Waals surface area contributed by atoms with E-state index in [1.807, 2.05) is 11.8 Å². The van der Waals surface area contributed by atoms with Crippen LogP contribution in [0.5, 0.6) is 0 Å². The summed E-state index contributed by atoms with van der Waals surface area (Å²) in [6, 6.07) is 7.48. The largest absolute Gasteiger partial charge is 0.345 e. The van der Waals surface area contributed by atoms with Crippen molar-refractivity contribution in [3.05, 3.63) is 29.8 Å². The van der Waals surface area contributed by atoms with Crippen molar-refractivity contribution in [2.75, 3.05) is 11.1 Å². The number of amides is 1. The number of amidine groups is 1. The standard InChI is InChI=1S/C25H34FN3OS.ClH/c1-16(2)29-22(10-23(30)27-21-5-3-17(14-26)4-6-21)15-31-24(29)28-25-11-18-7-19(12-25)9-20(8-18)13-25;/h3-6,16,18-20,22H,7-15H2,1-2H3,(H,27,30);1H/b28-24-;. The van der Waals surface area contributed by atoms with Crippen molar-refractivity contribution in [1.29, 1.82) is 0 Å². The van der Waals surface area contributed by atoms with E-state index in [-0.39, 0.29) is 29.9 Å². The molecule has 4 bridgehead atoms. The monoisotopic (exact) mass is 479 g/mol. The van der Waals surface area contributed by atoms with Crippen molar-refractivity contribution in [2.24, 2.45) is 22.7 Å². The molecule has 0 aromatic heterocycles. The van der Waals surface area contributed by atoms with Gasteiger partial charge in [-0.05, 0) is 87.8 Å². The molecule has 1 aliphatic heterocycles. The zero-order chi connectivity index (χ0) is 21.6. The van der Waals surface area contributed by atoms with Crippen LogP contribution in [0.2, 0.25) is 0 Å². The average Bonchev–Trinajstić information content (AvgIpc) is 3.08. The van der Waals surface area contributed by atoms with Crippen LogP contribution in [0.3, 0.4) is 0 Å². The van der Waals surface area contributed by atoms with Crippen molar-refractivity contribution >= 4 is 40.9 Å². The molecule has 7 heteroatoms. The summed E-state index contributed by atoms with van der Waals surface area (Å²) in [6.07, 6.45) is 8.57. The van der Waals surface area contributed by atoms with Gasteiger partial charge in [0.2, 0.25) is 5.91 Å². The molecule has 6 rings (SSSR count). The van der Waals surface area contributed by atoms with Crippen molar-refractivity contribution in [2.45, 2.75) is 83.1 Å². The molecule has 1 aromatic carbocycles. The van der Waals surface area contributed by atoms with E-state index in [2.05, 4.69) is 24.1 Å². The van der Waals surface area contributed by atoms with Crippen molar-refractivity contribution in [3.8, 4) is 0 Å². The van der Waals surface area contributed by atoms with Gasteiger partial charge in [-0.1, -0.05) is 23.9 Å².